The third-order valence-corrected chi connectivity index (χ3v) is 6.25. The Bertz CT molecular complexity index is 1380. The largest absolute Gasteiger partial charge is 0.308 e. The zero-order chi connectivity index (χ0) is 17.3. The van der Waals surface area contributed by atoms with Gasteiger partial charge >= 0.3 is 0 Å². The molecule has 2 heterocycles. The average Bonchev–Trinajstić information content (AvgIpc) is 3.20. The van der Waals surface area contributed by atoms with E-state index >= 15 is 0 Å². The number of hydrogen-bond donors (Lipinski definition) is 0. The molecule has 26 heavy (non-hydrogen) atoms. The first-order valence-electron chi connectivity index (χ1n) is 9.02. The minimum absolute atomic E-state index is 0.395. The van der Waals surface area contributed by atoms with Crippen molar-refractivity contribution in [1.82, 2.24) is 4.40 Å². The molecule has 2 aromatic heterocycles. The number of halogens is 1. The van der Waals surface area contributed by atoms with Crippen LogP contribution in [0.25, 0.3) is 33.4 Å². The maximum absolute atomic E-state index is 3.65. The fourth-order valence-corrected chi connectivity index (χ4v) is 5.16. The number of para-hydroxylation sites is 2. The molecule has 1 nitrogen and oxygen atoms in total. The Morgan fingerprint density at radius 2 is 1.54 bits per heavy atom. The number of nitrogens with zero attached hydrogens (tertiary/aromatic N) is 1. The van der Waals surface area contributed by atoms with Crippen LogP contribution < -0.4 is 5.22 Å². The minimum atomic E-state index is 0.395. The molecular formula is C24H16BrN. The fraction of sp³-hybridized carbons (Fsp3) is 0.0833. The molecule has 1 unspecified atom stereocenters. The van der Waals surface area contributed by atoms with E-state index < -0.39 is 0 Å². The molecule has 124 valence electrons. The van der Waals surface area contributed by atoms with Gasteiger partial charge in [-0.3, -0.25) is 0 Å². The van der Waals surface area contributed by atoms with Crippen molar-refractivity contribution in [2.24, 2.45) is 0 Å². The summed E-state index contributed by atoms with van der Waals surface area (Å²) in [5.41, 5.74) is 6.88. The fourth-order valence-electron chi connectivity index (χ4n) is 4.74. The Morgan fingerprint density at radius 3 is 2.35 bits per heavy atom. The van der Waals surface area contributed by atoms with Crippen molar-refractivity contribution in [3.63, 3.8) is 0 Å². The summed E-state index contributed by atoms with van der Waals surface area (Å²) in [6.45, 7) is 0. The van der Waals surface area contributed by atoms with Gasteiger partial charge in [0.05, 0.1) is 16.6 Å². The Morgan fingerprint density at radius 1 is 0.808 bits per heavy atom. The lowest BCUT2D eigenvalue weighted by atomic mass is 9.84. The second-order valence-corrected chi connectivity index (χ2v) is 8.01. The molecule has 0 spiro atoms. The molecule has 0 aliphatic heterocycles. The summed E-state index contributed by atoms with van der Waals surface area (Å²) in [6.07, 6.45) is 3.48. The van der Waals surface area contributed by atoms with E-state index in [1.807, 2.05) is 0 Å². The van der Waals surface area contributed by atoms with E-state index in [1.54, 1.807) is 0 Å². The van der Waals surface area contributed by atoms with Gasteiger partial charge in [-0.1, -0.05) is 70.5 Å². The highest BCUT2D eigenvalue weighted by Crippen LogP contribution is 2.41. The van der Waals surface area contributed by atoms with E-state index in [9.17, 15) is 0 Å². The van der Waals surface area contributed by atoms with Gasteiger partial charge in [0.1, 0.15) is 0 Å². The molecule has 1 atom stereocenters. The van der Waals surface area contributed by atoms with E-state index in [2.05, 4.69) is 99.2 Å². The second kappa shape index (κ2) is 5.21. The van der Waals surface area contributed by atoms with Crippen molar-refractivity contribution < 1.29 is 0 Å². The van der Waals surface area contributed by atoms with Crippen LogP contribution in [0.3, 0.4) is 0 Å². The number of rotatable bonds is 1. The van der Waals surface area contributed by atoms with Gasteiger partial charge in [-0.05, 0) is 41.8 Å². The van der Waals surface area contributed by atoms with E-state index in [-0.39, 0.29) is 0 Å². The molecule has 5 aromatic rings. The topological polar surface area (TPSA) is 4.41 Å². The molecule has 1 aliphatic rings. The molecule has 0 saturated heterocycles. The quantitative estimate of drug-likeness (QED) is 0.324. The van der Waals surface area contributed by atoms with Gasteiger partial charge in [0.2, 0.25) is 0 Å². The highest BCUT2D eigenvalue weighted by atomic mass is 79.9. The van der Waals surface area contributed by atoms with E-state index in [4.69, 9.17) is 0 Å². The van der Waals surface area contributed by atoms with Crippen molar-refractivity contribution in [2.45, 2.75) is 12.3 Å². The van der Waals surface area contributed by atoms with Crippen molar-refractivity contribution in [3.8, 4) is 0 Å². The monoisotopic (exact) mass is 397 g/mol. The van der Waals surface area contributed by atoms with Crippen molar-refractivity contribution in [2.75, 3.05) is 0 Å². The van der Waals surface area contributed by atoms with Gasteiger partial charge in [0.25, 0.3) is 0 Å². The third kappa shape index (κ3) is 1.80. The number of aromatic nitrogens is 1. The van der Waals surface area contributed by atoms with Crippen LogP contribution in [-0.4, -0.2) is 4.40 Å². The van der Waals surface area contributed by atoms with Crippen LogP contribution in [0.2, 0.25) is 0 Å². The molecule has 0 amide bonds. The normalized spacial score (nSPS) is 16.4. The smallest absolute Gasteiger partial charge is 0.0583 e. The Kier molecular flexibility index (Phi) is 2.92. The van der Waals surface area contributed by atoms with Crippen LogP contribution in [0, 0.1) is 0 Å². The van der Waals surface area contributed by atoms with Gasteiger partial charge < -0.3 is 4.40 Å². The molecular weight excluding hydrogens is 382 g/mol. The van der Waals surface area contributed by atoms with Crippen LogP contribution in [0.15, 0.2) is 77.3 Å². The van der Waals surface area contributed by atoms with Crippen molar-refractivity contribution in [1.29, 1.82) is 0 Å². The number of benzene rings is 3. The van der Waals surface area contributed by atoms with Crippen LogP contribution in [-0.2, 0) is 0 Å². The van der Waals surface area contributed by atoms with Gasteiger partial charge in [-0.2, -0.15) is 0 Å². The van der Waals surface area contributed by atoms with E-state index in [0.29, 0.717) is 5.92 Å². The van der Waals surface area contributed by atoms with Gasteiger partial charge in [0, 0.05) is 26.4 Å². The summed E-state index contributed by atoms with van der Waals surface area (Å²) in [4.78, 5) is 0. The number of fused-ring (bicyclic) bond motifs is 6. The first-order valence-corrected chi connectivity index (χ1v) is 9.81. The van der Waals surface area contributed by atoms with Crippen molar-refractivity contribution >= 4 is 49.3 Å². The zero-order valence-electron chi connectivity index (χ0n) is 14.1. The summed E-state index contributed by atoms with van der Waals surface area (Å²) in [5.74, 6) is 0.395. The van der Waals surface area contributed by atoms with Crippen LogP contribution >= 0.6 is 15.9 Å². The first kappa shape index (κ1) is 14.6. The first-order chi connectivity index (χ1) is 12.8. The predicted molar refractivity (Wildman–Crippen MR) is 113 cm³/mol. The molecule has 1 aliphatic carbocycles. The summed E-state index contributed by atoms with van der Waals surface area (Å²) >= 11 is 3.65. The molecule has 2 heteroatoms. The standard InChI is InChI=1S/C24H16BrN/c25-16-7-5-6-15(14-16)17-12-13-19-18-8-1-3-10-21(18)26-22-11-4-2-9-20(22)23(17)24(19)26/h1-11,13-14,17H,12H2. The third-order valence-electron chi connectivity index (χ3n) is 5.76. The molecule has 0 fully saturated rings. The molecule has 0 radical (unpaired) electrons. The Labute approximate surface area is 159 Å². The van der Waals surface area contributed by atoms with Gasteiger partial charge in [-0.15, -0.1) is 0 Å². The second-order valence-electron chi connectivity index (χ2n) is 7.09. The van der Waals surface area contributed by atoms with Crippen LogP contribution in [0.5, 0.6) is 0 Å². The lowest BCUT2D eigenvalue weighted by Gasteiger charge is -2.19. The maximum Gasteiger partial charge on any atom is 0.0583 e. The highest BCUT2D eigenvalue weighted by molar-refractivity contribution is 9.10. The van der Waals surface area contributed by atoms with Crippen LogP contribution in [0.4, 0.5) is 0 Å². The maximum atomic E-state index is 3.65. The number of hydrogen-bond acceptors (Lipinski definition) is 0. The SMILES string of the molecule is Brc1cccc(C2CC=c3c4ccccc4n4c3c2c2ccccc24)c1. The predicted octanol–water partition coefficient (Wildman–Crippen LogP) is 6.04. The minimum Gasteiger partial charge on any atom is -0.308 e. The zero-order valence-corrected chi connectivity index (χ0v) is 15.7. The summed E-state index contributed by atoms with van der Waals surface area (Å²) in [5, 5.41) is 4.15. The van der Waals surface area contributed by atoms with Crippen molar-refractivity contribution in [3.05, 3.63) is 93.6 Å². The van der Waals surface area contributed by atoms with E-state index in [1.165, 1.54) is 43.7 Å². The highest BCUT2D eigenvalue weighted by Gasteiger charge is 2.27. The van der Waals surface area contributed by atoms with Crippen LogP contribution in [0.1, 0.15) is 23.5 Å². The summed E-state index contributed by atoms with van der Waals surface area (Å²) in [6, 6.07) is 26.4. The molecule has 0 saturated carbocycles. The molecule has 6 rings (SSSR count). The molecule has 0 N–H and O–H groups in total. The molecule has 0 bridgehead atoms. The van der Waals surface area contributed by atoms with E-state index in [0.717, 1.165) is 10.9 Å². The Hall–Kier alpha value is -2.58. The molecule has 3 aromatic carbocycles. The lowest BCUT2D eigenvalue weighted by Crippen LogP contribution is -2.12. The van der Waals surface area contributed by atoms with Gasteiger partial charge in [0.15, 0.2) is 0 Å². The average molecular weight is 398 g/mol. The summed E-state index contributed by atoms with van der Waals surface area (Å²) in [7, 11) is 0. The summed E-state index contributed by atoms with van der Waals surface area (Å²) < 4.78 is 3.61. The van der Waals surface area contributed by atoms with Gasteiger partial charge in [-0.25, -0.2) is 0 Å². The lowest BCUT2D eigenvalue weighted by molar-refractivity contribution is 0.860. The Balaban J connectivity index is 1.82.